The molecular formula is C23H28N4O4. The highest BCUT2D eigenvalue weighted by Gasteiger charge is 2.30. The summed E-state index contributed by atoms with van der Waals surface area (Å²) in [5.41, 5.74) is 6.19. The molecule has 164 valence electrons. The quantitative estimate of drug-likeness (QED) is 0.587. The zero-order valence-corrected chi connectivity index (χ0v) is 17.9. The fourth-order valence-corrected chi connectivity index (χ4v) is 4.27. The van der Waals surface area contributed by atoms with Crippen LogP contribution < -0.4 is 5.32 Å². The maximum atomic E-state index is 10.7. The van der Waals surface area contributed by atoms with E-state index in [2.05, 4.69) is 22.6 Å². The Morgan fingerprint density at radius 2 is 2.16 bits per heavy atom. The molecule has 3 aromatic rings. The number of ether oxygens (including phenoxy) is 2. The number of hydrogen-bond donors (Lipinski definition) is 2. The maximum Gasteiger partial charge on any atom is 0.164 e. The lowest BCUT2D eigenvalue weighted by molar-refractivity contribution is -0.0904. The van der Waals surface area contributed by atoms with Gasteiger partial charge in [0.25, 0.3) is 0 Å². The fourth-order valence-electron chi connectivity index (χ4n) is 4.27. The third-order valence-electron chi connectivity index (χ3n) is 5.92. The molecule has 1 aliphatic carbocycles. The number of nitrogens with one attached hydrogen (secondary N) is 1. The normalized spacial score (nSPS) is 19.1. The van der Waals surface area contributed by atoms with Crippen molar-refractivity contribution in [1.29, 1.82) is 0 Å². The number of aliphatic hydroxyl groups is 1. The average Bonchev–Trinajstić information content (AvgIpc) is 3.34. The van der Waals surface area contributed by atoms with Gasteiger partial charge in [-0.05, 0) is 37.5 Å². The molecule has 0 amide bonds. The number of aryl methyl sites for hydroxylation is 3. The molecule has 0 aromatic carbocycles. The summed E-state index contributed by atoms with van der Waals surface area (Å²) in [5.74, 6) is 1.43. The number of fused-ring (bicyclic) bond motifs is 3. The molecule has 2 N–H and O–H groups in total. The standard InChI is InChI=1S/C23H28N4O4/c1-14-3-5-17(24-9-14)12-27-11-16-4-6-19-20(21(16)26-27)15(2)22(31-19)23(28)25-10-18-13-29-7-8-30-18/h3,5,9,11,18,23,25,28H,4,6-8,10,12-13H2,1-2H3/t18-,23?/m1/s1. The second kappa shape index (κ2) is 8.55. The molecule has 31 heavy (non-hydrogen) atoms. The second-order valence-corrected chi connectivity index (χ2v) is 8.30. The number of nitrogens with zero attached hydrogens (tertiary/aromatic N) is 3. The van der Waals surface area contributed by atoms with E-state index in [0.717, 1.165) is 46.7 Å². The van der Waals surface area contributed by atoms with Crippen molar-refractivity contribution < 1.29 is 19.0 Å². The first-order valence-electron chi connectivity index (χ1n) is 10.8. The molecule has 1 fully saturated rings. The van der Waals surface area contributed by atoms with Crippen molar-refractivity contribution in [2.45, 2.75) is 45.6 Å². The number of rotatable bonds is 6. The van der Waals surface area contributed by atoms with Crippen LogP contribution in [0.15, 0.2) is 28.9 Å². The molecular weight excluding hydrogens is 396 g/mol. The molecule has 5 rings (SSSR count). The zero-order chi connectivity index (χ0) is 21.4. The molecule has 0 spiro atoms. The second-order valence-electron chi connectivity index (χ2n) is 8.30. The first-order valence-corrected chi connectivity index (χ1v) is 10.8. The Hall–Kier alpha value is -2.52. The van der Waals surface area contributed by atoms with Gasteiger partial charge in [0.15, 0.2) is 12.0 Å². The van der Waals surface area contributed by atoms with Gasteiger partial charge in [-0.1, -0.05) is 6.07 Å². The predicted molar refractivity (Wildman–Crippen MR) is 114 cm³/mol. The van der Waals surface area contributed by atoms with Crippen LogP contribution in [0, 0.1) is 13.8 Å². The van der Waals surface area contributed by atoms with Crippen LogP contribution in [0.1, 0.15) is 40.1 Å². The van der Waals surface area contributed by atoms with E-state index in [1.54, 1.807) is 0 Å². The first-order chi connectivity index (χ1) is 15.1. The largest absolute Gasteiger partial charge is 0.461 e. The minimum Gasteiger partial charge on any atom is -0.461 e. The molecule has 1 saturated heterocycles. The van der Waals surface area contributed by atoms with Crippen LogP contribution in [-0.4, -0.2) is 52.3 Å². The van der Waals surface area contributed by atoms with E-state index < -0.39 is 6.23 Å². The Morgan fingerprint density at radius 3 is 2.94 bits per heavy atom. The molecule has 1 aliphatic heterocycles. The Morgan fingerprint density at radius 1 is 1.26 bits per heavy atom. The van der Waals surface area contributed by atoms with Crippen molar-refractivity contribution in [2.24, 2.45) is 0 Å². The SMILES string of the molecule is Cc1ccc(Cn2cc3c(n2)-c2c(oc(C(O)NC[C@@H]4COCCO4)c2C)CC3)nc1. The summed E-state index contributed by atoms with van der Waals surface area (Å²) in [4.78, 5) is 4.49. The molecule has 0 saturated carbocycles. The molecule has 2 aliphatic rings. The summed E-state index contributed by atoms with van der Waals surface area (Å²) in [6, 6.07) is 4.10. The third kappa shape index (κ3) is 4.16. The van der Waals surface area contributed by atoms with Crippen LogP contribution in [0.3, 0.4) is 0 Å². The van der Waals surface area contributed by atoms with Gasteiger partial charge >= 0.3 is 0 Å². The molecule has 8 heteroatoms. The van der Waals surface area contributed by atoms with E-state index in [-0.39, 0.29) is 6.10 Å². The Bertz CT molecular complexity index is 1050. The van der Waals surface area contributed by atoms with Gasteiger partial charge in [0, 0.05) is 36.5 Å². The zero-order valence-electron chi connectivity index (χ0n) is 17.9. The van der Waals surface area contributed by atoms with Gasteiger partial charge in [-0.15, -0.1) is 0 Å². The van der Waals surface area contributed by atoms with Gasteiger partial charge in [0.05, 0.1) is 43.9 Å². The van der Waals surface area contributed by atoms with Crippen LogP contribution in [-0.2, 0) is 28.9 Å². The van der Waals surface area contributed by atoms with Crippen LogP contribution in [0.2, 0.25) is 0 Å². The van der Waals surface area contributed by atoms with Crippen LogP contribution in [0.25, 0.3) is 11.3 Å². The molecule has 0 bridgehead atoms. The summed E-state index contributed by atoms with van der Waals surface area (Å²) in [5, 5.41) is 18.7. The van der Waals surface area contributed by atoms with Gasteiger partial charge in [0.2, 0.25) is 0 Å². The molecule has 4 heterocycles. The lowest BCUT2D eigenvalue weighted by Crippen LogP contribution is -2.38. The molecule has 0 radical (unpaired) electrons. The molecule has 3 aromatic heterocycles. The Labute approximate surface area is 181 Å². The topological polar surface area (TPSA) is 94.6 Å². The van der Waals surface area contributed by atoms with Gasteiger partial charge in [0.1, 0.15) is 5.76 Å². The Kier molecular flexibility index (Phi) is 5.62. The monoisotopic (exact) mass is 424 g/mol. The maximum absolute atomic E-state index is 10.7. The minimum absolute atomic E-state index is 0.0639. The van der Waals surface area contributed by atoms with Crippen LogP contribution in [0.4, 0.5) is 0 Å². The lowest BCUT2D eigenvalue weighted by atomic mass is 9.93. The van der Waals surface area contributed by atoms with E-state index in [9.17, 15) is 5.11 Å². The van der Waals surface area contributed by atoms with E-state index in [1.807, 2.05) is 30.8 Å². The lowest BCUT2D eigenvalue weighted by Gasteiger charge is -2.24. The van der Waals surface area contributed by atoms with E-state index >= 15 is 0 Å². The number of aliphatic hydroxyl groups excluding tert-OH is 1. The summed E-state index contributed by atoms with van der Waals surface area (Å²) in [7, 11) is 0. The number of aromatic nitrogens is 3. The smallest absolute Gasteiger partial charge is 0.164 e. The molecule has 8 nitrogen and oxygen atoms in total. The number of furan rings is 1. The highest BCUT2D eigenvalue weighted by Crippen LogP contribution is 2.39. The van der Waals surface area contributed by atoms with E-state index in [4.69, 9.17) is 19.0 Å². The first kappa shape index (κ1) is 20.4. The van der Waals surface area contributed by atoms with E-state index in [1.165, 1.54) is 5.56 Å². The van der Waals surface area contributed by atoms with Gasteiger partial charge < -0.3 is 19.0 Å². The van der Waals surface area contributed by atoms with Crippen molar-refractivity contribution in [1.82, 2.24) is 20.1 Å². The summed E-state index contributed by atoms with van der Waals surface area (Å²) >= 11 is 0. The van der Waals surface area contributed by atoms with Crippen molar-refractivity contribution >= 4 is 0 Å². The van der Waals surface area contributed by atoms with Crippen LogP contribution in [0.5, 0.6) is 0 Å². The highest BCUT2D eigenvalue weighted by atomic mass is 16.6. The summed E-state index contributed by atoms with van der Waals surface area (Å²) in [6.07, 6.45) is 4.67. The molecule has 2 atom stereocenters. The number of pyridine rings is 1. The predicted octanol–water partition coefficient (Wildman–Crippen LogP) is 2.30. The molecule has 1 unspecified atom stereocenters. The van der Waals surface area contributed by atoms with Crippen molar-refractivity contribution in [3.8, 4) is 11.3 Å². The van der Waals surface area contributed by atoms with Crippen LogP contribution >= 0.6 is 0 Å². The third-order valence-corrected chi connectivity index (χ3v) is 5.92. The van der Waals surface area contributed by atoms with Crippen molar-refractivity contribution in [3.63, 3.8) is 0 Å². The summed E-state index contributed by atoms with van der Waals surface area (Å²) < 4.78 is 19.1. The van der Waals surface area contributed by atoms with Gasteiger partial charge in [-0.25, -0.2) is 0 Å². The average molecular weight is 425 g/mol. The highest BCUT2D eigenvalue weighted by molar-refractivity contribution is 5.72. The van der Waals surface area contributed by atoms with E-state index in [0.29, 0.717) is 38.7 Å². The minimum atomic E-state index is -0.904. The van der Waals surface area contributed by atoms with Crippen molar-refractivity contribution in [2.75, 3.05) is 26.4 Å². The summed E-state index contributed by atoms with van der Waals surface area (Å²) in [6.45, 7) is 6.87. The van der Waals surface area contributed by atoms with Gasteiger partial charge in [-0.2, -0.15) is 5.10 Å². The Balaban J connectivity index is 1.34. The van der Waals surface area contributed by atoms with Gasteiger partial charge in [-0.3, -0.25) is 15.0 Å². The van der Waals surface area contributed by atoms with Crippen molar-refractivity contribution in [3.05, 3.63) is 58.4 Å². The fraction of sp³-hybridized carbons (Fsp3) is 0.478. The number of hydrogen-bond acceptors (Lipinski definition) is 7.